The van der Waals surface area contributed by atoms with Crippen molar-refractivity contribution >= 4 is 40.0 Å². The van der Waals surface area contributed by atoms with Crippen molar-refractivity contribution in [1.82, 2.24) is 4.98 Å². The number of benzene rings is 1. The summed E-state index contributed by atoms with van der Waals surface area (Å²) in [6.45, 7) is 0. The van der Waals surface area contributed by atoms with Crippen LogP contribution >= 0.6 is 11.6 Å². The number of rotatable bonds is 2. The summed E-state index contributed by atoms with van der Waals surface area (Å²) in [5, 5.41) is 12.5. The van der Waals surface area contributed by atoms with E-state index in [2.05, 4.69) is 10.3 Å². The molecule has 6 nitrogen and oxygen atoms in total. The quantitative estimate of drug-likeness (QED) is 0.756. The van der Waals surface area contributed by atoms with Crippen molar-refractivity contribution in [2.45, 2.75) is 0 Å². The number of nitriles is 1. The van der Waals surface area contributed by atoms with E-state index in [1.807, 2.05) is 6.07 Å². The van der Waals surface area contributed by atoms with Crippen LogP contribution in [0, 0.1) is 11.3 Å². The van der Waals surface area contributed by atoms with Crippen LogP contribution in [0.1, 0.15) is 16.1 Å². The number of carbonyl (C=O) groups is 1. The molecule has 0 saturated carbocycles. The highest BCUT2D eigenvalue weighted by molar-refractivity contribution is 6.30. The van der Waals surface area contributed by atoms with Crippen molar-refractivity contribution < 1.29 is 9.21 Å². The predicted molar refractivity (Wildman–Crippen MR) is 82.5 cm³/mol. The highest BCUT2D eigenvalue weighted by Crippen LogP contribution is 2.29. The van der Waals surface area contributed by atoms with Crippen LogP contribution in [0.5, 0.6) is 0 Å². The van der Waals surface area contributed by atoms with Crippen LogP contribution < -0.4 is 11.1 Å². The number of nitrogen functional groups attached to an aromatic ring is 1. The second-order valence-corrected chi connectivity index (χ2v) is 4.92. The van der Waals surface area contributed by atoms with Crippen LogP contribution in [0.2, 0.25) is 5.02 Å². The molecular formula is C15H9ClN4O2. The van der Waals surface area contributed by atoms with Crippen LogP contribution in [-0.4, -0.2) is 10.9 Å². The fraction of sp³-hybridized carbons (Fsp3) is 0. The maximum absolute atomic E-state index is 12.2. The van der Waals surface area contributed by atoms with E-state index in [0.29, 0.717) is 27.4 Å². The van der Waals surface area contributed by atoms with Gasteiger partial charge in [-0.25, -0.2) is 4.98 Å². The summed E-state index contributed by atoms with van der Waals surface area (Å²) < 4.78 is 5.46. The zero-order chi connectivity index (χ0) is 15.7. The van der Waals surface area contributed by atoms with Crippen molar-refractivity contribution in [3.63, 3.8) is 0 Å². The summed E-state index contributed by atoms with van der Waals surface area (Å²) in [5.41, 5.74) is 6.99. The number of nitrogens with one attached hydrogen (secondary N) is 1. The SMILES string of the molecule is N#Cc1ccc2oc(C(=O)Nc3ccc(Cl)cn3)c(N)c2c1. The van der Waals surface area contributed by atoms with E-state index in [0.717, 1.165) is 0 Å². The molecule has 0 aliphatic heterocycles. The molecule has 0 radical (unpaired) electrons. The number of nitrogens with zero attached hydrogens (tertiary/aromatic N) is 2. The van der Waals surface area contributed by atoms with E-state index in [4.69, 9.17) is 27.0 Å². The number of carbonyl (C=O) groups excluding carboxylic acids is 1. The Balaban J connectivity index is 1.95. The molecule has 0 spiro atoms. The third kappa shape index (κ3) is 2.45. The van der Waals surface area contributed by atoms with Crippen LogP contribution in [0.3, 0.4) is 0 Å². The average molecular weight is 313 g/mol. The van der Waals surface area contributed by atoms with Gasteiger partial charge in [-0.05, 0) is 30.3 Å². The summed E-state index contributed by atoms with van der Waals surface area (Å²) in [7, 11) is 0. The molecule has 0 aliphatic rings. The van der Waals surface area contributed by atoms with Crippen LogP contribution in [0.4, 0.5) is 11.5 Å². The molecule has 2 heterocycles. The average Bonchev–Trinajstić information content (AvgIpc) is 2.86. The molecular weight excluding hydrogens is 304 g/mol. The Morgan fingerprint density at radius 2 is 2.18 bits per heavy atom. The number of anilines is 2. The molecule has 22 heavy (non-hydrogen) atoms. The minimum atomic E-state index is -0.526. The van der Waals surface area contributed by atoms with Gasteiger partial charge < -0.3 is 15.5 Å². The number of hydrogen-bond donors (Lipinski definition) is 2. The first-order chi connectivity index (χ1) is 10.6. The monoisotopic (exact) mass is 312 g/mol. The van der Waals surface area contributed by atoms with Crippen LogP contribution in [0.25, 0.3) is 11.0 Å². The van der Waals surface area contributed by atoms with Crippen molar-refractivity contribution in [3.05, 3.63) is 52.9 Å². The molecule has 0 atom stereocenters. The second-order valence-electron chi connectivity index (χ2n) is 4.48. The van der Waals surface area contributed by atoms with E-state index in [-0.39, 0.29) is 11.4 Å². The van der Waals surface area contributed by atoms with Crippen molar-refractivity contribution in [1.29, 1.82) is 5.26 Å². The highest BCUT2D eigenvalue weighted by atomic mass is 35.5. The molecule has 0 unspecified atom stereocenters. The number of fused-ring (bicyclic) bond motifs is 1. The third-order valence-electron chi connectivity index (χ3n) is 3.03. The van der Waals surface area contributed by atoms with Gasteiger partial charge in [0.25, 0.3) is 5.91 Å². The maximum atomic E-state index is 12.2. The summed E-state index contributed by atoms with van der Waals surface area (Å²) >= 11 is 5.73. The highest BCUT2D eigenvalue weighted by Gasteiger charge is 2.19. The van der Waals surface area contributed by atoms with Crippen molar-refractivity contribution in [2.24, 2.45) is 0 Å². The lowest BCUT2D eigenvalue weighted by Crippen LogP contribution is -2.13. The lowest BCUT2D eigenvalue weighted by molar-refractivity contribution is 0.0999. The minimum Gasteiger partial charge on any atom is -0.449 e. The summed E-state index contributed by atoms with van der Waals surface area (Å²) in [6, 6.07) is 9.94. The van der Waals surface area contributed by atoms with Crippen molar-refractivity contribution in [3.8, 4) is 6.07 Å². The molecule has 0 bridgehead atoms. The predicted octanol–water partition coefficient (Wildman–Crippen LogP) is 3.19. The molecule has 0 aliphatic carbocycles. The molecule has 3 N–H and O–H groups in total. The Labute approximate surface area is 130 Å². The lowest BCUT2D eigenvalue weighted by Gasteiger charge is -2.02. The topological polar surface area (TPSA) is 105 Å². The number of halogens is 1. The van der Waals surface area contributed by atoms with Gasteiger partial charge in [0.05, 0.1) is 22.3 Å². The van der Waals surface area contributed by atoms with Crippen LogP contribution in [0.15, 0.2) is 40.9 Å². The number of pyridine rings is 1. The summed E-state index contributed by atoms with van der Waals surface area (Å²) in [6.07, 6.45) is 1.42. The molecule has 1 aromatic carbocycles. The van der Waals surface area contributed by atoms with Gasteiger partial charge in [0, 0.05) is 11.6 Å². The number of aromatic nitrogens is 1. The normalized spacial score (nSPS) is 10.4. The molecule has 1 amide bonds. The molecule has 2 aromatic heterocycles. The van der Waals surface area contributed by atoms with Gasteiger partial charge in [-0.1, -0.05) is 11.6 Å². The largest absolute Gasteiger partial charge is 0.449 e. The van der Waals surface area contributed by atoms with E-state index in [9.17, 15) is 4.79 Å². The van der Waals surface area contributed by atoms with Gasteiger partial charge in [0.15, 0.2) is 0 Å². The van der Waals surface area contributed by atoms with Gasteiger partial charge in [-0.3, -0.25) is 4.79 Å². The summed E-state index contributed by atoms with van der Waals surface area (Å²) in [5.74, 6) is -0.226. The van der Waals surface area contributed by atoms with E-state index in [1.54, 1.807) is 30.3 Å². The Bertz CT molecular complexity index is 910. The number of hydrogen-bond acceptors (Lipinski definition) is 5. The molecule has 7 heteroatoms. The van der Waals surface area contributed by atoms with Gasteiger partial charge in [-0.2, -0.15) is 5.26 Å². The Kier molecular flexibility index (Phi) is 3.41. The third-order valence-corrected chi connectivity index (χ3v) is 3.25. The second kappa shape index (κ2) is 5.39. The molecule has 108 valence electrons. The van der Waals surface area contributed by atoms with E-state index >= 15 is 0 Å². The zero-order valence-electron chi connectivity index (χ0n) is 11.1. The first-order valence-electron chi connectivity index (χ1n) is 6.23. The fourth-order valence-corrected chi connectivity index (χ4v) is 2.09. The van der Waals surface area contributed by atoms with Gasteiger partial charge in [0.1, 0.15) is 11.4 Å². The Hall–Kier alpha value is -3.04. The minimum absolute atomic E-state index is 0.0261. The number of nitrogens with two attached hydrogens (primary N) is 1. The van der Waals surface area contributed by atoms with E-state index in [1.165, 1.54) is 6.20 Å². The standard InChI is InChI=1S/C15H9ClN4O2/c16-9-2-4-12(19-7-9)20-15(21)14-13(18)10-5-8(6-17)1-3-11(10)22-14/h1-5,7H,18H2,(H,19,20,21). The molecule has 3 rings (SSSR count). The van der Waals surface area contributed by atoms with Gasteiger partial charge in [-0.15, -0.1) is 0 Å². The zero-order valence-corrected chi connectivity index (χ0v) is 11.9. The smallest absolute Gasteiger partial charge is 0.294 e. The van der Waals surface area contributed by atoms with E-state index < -0.39 is 5.91 Å². The molecule has 0 fully saturated rings. The van der Waals surface area contributed by atoms with Gasteiger partial charge >= 0.3 is 0 Å². The first-order valence-corrected chi connectivity index (χ1v) is 6.61. The van der Waals surface area contributed by atoms with Crippen molar-refractivity contribution in [2.75, 3.05) is 11.1 Å². The lowest BCUT2D eigenvalue weighted by atomic mass is 10.1. The number of amides is 1. The maximum Gasteiger partial charge on any atom is 0.294 e. The molecule has 3 aromatic rings. The first kappa shape index (κ1) is 13.9. The number of furan rings is 1. The summed E-state index contributed by atoms with van der Waals surface area (Å²) in [4.78, 5) is 16.2. The fourth-order valence-electron chi connectivity index (χ4n) is 1.98. The van der Waals surface area contributed by atoms with Crippen LogP contribution in [-0.2, 0) is 0 Å². The Morgan fingerprint density at radius 3 is 2.86 bits per heavy atom. The van der Waals surface area contributed by atoms with Gasteiger partial charge in [0.2, 0.25) is 5.76 Å². The molecule has 0 saturated heterocycles. The Morgan fingerprint density at radius 1 is 1.36 bits per heavy atom.